The van der Waals surface area contributed by atoms with Gasteiger partial charge in [0, 0.05) is 18.6 Å². The second-order valence-corrected chi connectivity index (χ2v) is 3.15. The third-order valence-corrected chi connectivity index (χ3v) is 2.27. The number of ether oxygens (including phenoxy) is 2. The first-order chi connectivity index (χ1) is 6.60. The molecule has 0 aromatic rings. The molecule has 3 atom stereocenters. The highest BCUT2D eigenvalue weighted by atomic mass is 16.6. The average Bonchev–Trinajstić information content (AvgIpc) is 2.58. The highest BCUT2D eigenvalue weighted by Gasteiger charge is 2.35. The maximum absolute atomic E-state index is 11.2. The minimum absolute atomic E-state index is 0.273. The molecule has 1 aliphatic rings. The molecule has 1 rings (SSSR count). The molecule has 2 N–H and O–H groups in total. The van der Waals surface area contributed by atoms with E-state index in [2.05, 4.69) is 4.74 Å². The van der Waals surface area contributed by atoms with Gasteiger partial charge in [-0.25, -0.2) is 4.79 Å². The van der Waals surface area contributed by atoms with Crippen molar-refractivity contribution < 1.29 is 24.5 Å². The van der Waals surface area contributed by atoms with E-state index >= 15 is 0 Å². The molecule has 0 amide bonds. The highest BCUT2D eigenvalue weighted by molar-refractivity contribution is 5.89. The number of aliphatic hydroxyl groups excluding tert-OH is 2. The Kier molecular flexibility index (Phi) is 3.62. The van der Waals surface area contributed by atoms with E-state index in [4.69, 9.17) is 4.74 Å². The van der Waals surface area contributed by atoms with E-state index in [1.165, 1.54) is 20.3 Å². The van der Waals surface area contributed by atoms with Crippen molar-refractivity contribution in [1.82, 2.24) is 0 Å². The van der Waals surface area contributed by atoms with Crippen LogP contribution in [0, 0.1) is 5.92 Å². The van der Waals surface area contributed by atoms with Crippen LogP contribution in [0.1, 0.15) is 6.42 Å². The van der Waals surface area contributed by atoms with Crippen LogP contribution in [0.5, 0.6) is 0 Å². The molecule has 0 bridgehead atoms. The Balaban J connectivity index is 2.78. The van der Waals surface area contributed by atoms with Crippen LogP contribution in [-0.2, 0) is 14.3 Å². The van der Waals surface area contributed by atoms with E-state index in [0.29, 0.717) is 0 Å². The van der Waals surface area contributed by atoms with Gasteiger partial charge in [-0.3, -0.25) is 0 Å². The van der Waals surface area contributed by atoms with Crippen LogP contribution in [0.15, 0.2) is 11.6 Å². The molecule has 0 saturated carbocycles. The maximum atomic E-state index is 11.2. The molecule has 0 radical (unpaired) electrons. The van der Waals surface area contributed by atoms with Crippen molar-refractivity contribution in [2.24, 2.45) is 5.92 Å². The molecule has 0 aromatic carbocycles. The third kappa shape index (κ3) is 2.12. The maximum Gasteiger partial charge on any atom is 0.333 e. The zero-order chi connectivity index (χ0) is 10.7. The summed E-state index contributed by atoms with van der Waals surface area (Å²) in [6.07, 6.45) is -0.144. The molecular formula is C9H14O5. The smallest absolute Gasteiger partial charge is 0.333 e. The molecule has 80 valence electrons. The van der Waals surface area contributed by atoms with Crippen LogP contribution in [0.3, 0.4) is 0 Å². The van der Waals surface area contributed by atoms with Crippen molar-refractivity contribution in [3.05, 3.63) is 11.6 Å². The zero-order valence-electron chi connectivity index (χ0n) is 8.14. The summed E-state index contributed by atoms with van der Waals surface area (Å²) in [5.74, 6) is -1.05. The van der Waals surface area contributed by atoms with Crippen molar-refractivity contribution in [3.63, 3.8) is 0 Å². The van der Waals surface area contributed by atoms with Gasteiger partial charge in [0.05, 0.1) is 13.2 Å². The van der Waals surface area contributed by atoms with Gasteiger partial charge in [-0.2, -0.15) is 0 Å². The Morgan fingerprint density at radius 3 is 2.79 bits per heavy atom. The number of carbonyl (C=O) groups excluding carboxylic acids is 1. The Hall–Kier alpha value is -0.910. The van der Waals surface area contributed by atoms with E-state index in [0.717, 1.165) is 0 Å². The molecule has 3 unspecified atom stereocenters. The van der Waals surface area contributed by atoms with Crippen LogP contribution in [0.25, 0.3) is 0 Å². The first kappa shape index (κ1) is 11.2. The second-order valence-electron chi connectivity index (χ2n) is 3.15. The van der Waals surface area contributed by atoms with Gasteiger partial charge < -0.3 is 19.7 Å². The van der Waals surface area contributed by atoms with Gasteiger partial charge in [0.1, 0.15) is 0 Å². The molecule has 0 aliphatic heterocycles. The number of esters is 1. The number of aliphatic hydroxyl groups is 2. The lowest BCUT2D eigenvalue weighted by Gasteiger charge is -2.18. The number of hydrogen-bond acceptors (Lipinski definition) is 5. The molecule has 0 fully saturated rings. The van der Waals surface area contributed by atoms with Gasteiger partial charge >= 0.3 is 5.97 Å². The topological polar surface area (TPSA) is 76.0 Å². The Morgan fingerprint density at radius 1 is 1.64 bits per heavy atom. The van der Waals surface area contributed by atoms with E-state index in [9.17, 15) is 15.0 Å². The number of hydrogen-bond donors (Lipinski definition) is 2. The van der Waals surface area contributed by atoms with Crippen LogP contribution in [-0.4, -0.2) is 42.8 Å². The van der Waals surface area contributed by atoms with Crippen LogP contribution in [0.2, 0.25) is 0 Å². The summed E-state index contributed by atoms with van der Waals surface area (Å²) in [5, 5.41) is 18.7. The minimum atomic E-state index is -1.09. The van der Waals surface area contributed by atoms with E-state index in [-0.39, 0.29) is 12.0 Å². The van der Waals surface area contributed by atoms with Crippen molar-refractivity contribution in [3.8, 4) is 0 Å². The molecule has 0 aromatic heterocycles. The number of methoxy groups -OCH3 is 2. The number of rotatable bonds is 3. The fraction of sp³-hybridized carbons (Fsp3) is 0.667. The molecule has 1 aliphatic carbocycles. The summed E-state index contributed by atoms with van der Waals surface area (Å²) in [7, 11) is 2.59. The predicted molar refractivity (Wildman–Crippen MR) is 47.2 cm³/mol. The molecule has 0 spiro atoms. The fourth-order valence-electron chi connectivity index (χ4n) is 1.56. The van der Waals surface area contributed by atoms with Gasteiger partial charge in [-0.05, 0) is 12.5 Å². The van der Waals surface area contributed by atoms with Crippen molar-refractivity contribution in [2.75, 3.05) is 14.2 Å². The highest BCUT2D eigenvalue weighted by Crippen LogP contribution is 2.30. The van der Waals surface area contributed by atoms with E-state index in [1.54, 1.807) is 0 Å². The molecule has 5 heteroatoms. The monoisotopic (exact) mass is 202 g/mol. The van der Waals surface area contributed by atoms with Gasteiger partial charge in [0.2, 0.25) is 0 Å². The summed E-state index contributed by atoms with van der Waals surface area (Å²) in [6, 6.07) is 0. The molecular weight excluding hydrogens is 188 g/mol. The van der Waals surface area contributed by atoms with Gasteiger partial charge in [-0.1, -0.05) is 0 Å². The molecule has 0 saturated heterocycles. The van der Waals surface area contributed by atoms with Crippen LogP contribution >= 0.6 is 0 Å². The fourth-order valence-corrected chi connectivity index (χ4v) is 1.56. The Bertz CT molecular complexity index is 248. The van der Waals surface area contributed by atoms with E-state index < -0.39 is 24.3 Å². The zero-order valence-corrected chi connectivity index (χ0v) is 8.14. The normalized spacial score (nSPS) is 28.4. The quantitative estimate of drug-likeness (QED) is 0.473. The summed E-state index contributed by atoms with van der Waals surface area (Å²) in [4.78, 5) is 11.2. The number of carbonyl (C=O) groups is 1. The average molecular weight is 202 g/mol. The molecule has 5 nitrogen and oxygen atoms in total. The first-order valence-electron chi connectivity index (χ1n) is 4.29. The van der Waals surface area contributed by atoms with E-state index in [1.807, 2.05) is 0 Å². The minimum Gasteiger partial charge on any atom is -0.466 e. The van der Waals surface area contributed by atoms with Gasteiger partial charge in [-0.15, -0.1) is 0 Å². The molecule has 14 heavy (non-hydrogen) atoms. The van der Waals surface area contributed by atoms with Crippen molar-refractivity contribution >= 4 is 5.97 Å². The second kappa shape index (κ2) is 4.54. The summed E-state index contributed by atoms with van der Waals surface area (Å²) in [5.41, 5.74) is 0.273. The Labute approximate surface area is 81.9 Å². The SMILES string of the molecule is COC(=O)C1=CC(O)CC1C(O)OC. The van der Waals surface area contributed by atoms with Gasteiger partial charge in [0.15, 0.2) is 6.29 Å². The van der Waals surface area contributed by atoms with Crippen molar-refractivity contribution in [2.45, 2.75) is 18.8 Å². The third-order valence-electron chi connectivity index (χ3n) is 2.27. The van der Waals surface area contributed by atoms with Crippen molar-refractivity contribution in [1.29, 1.82) is 0 Å². The standard InChI is InChI=1S/C9H14O5/c1-13-8(11)6-3-5(10)4-7(6)9(12)14-2/h3,5,7,9-10,12H,4H2,1-2H3. The molecule has 0 heterocycles. The largest absolute Gasteiger partial charge is 0.466 e. The summed E-state index contributed by atoms with van der Waals surface area (Å²) >= 11 is 0. The summed E-state index contributed by atoms with van der Waals surface area (Å²) in [6.45, 7) is 0. The van der Waals surface area contributed by atoms with Gasteiger partial charge in [0.25, 0.3) is 0 Å². The lowest BCUT2D eigenvalue weighted by atomic mass is 10.0. The predicted octanol–water partition coefficient (Wildman–Crippen LogP) is -0.569. The Morgan fingerprint density at radius 2 is 2.29 bits per heavy atom. The van der Waals surface area contributed by atoms with Crippen LogP contribution < -0.4 is 0 Å². The lowest BCUT2D eigenvalue weighted by molar-refractivity contribution is -0.141. The summed E-state index contributed by atoms with van der Waals surface area (Å²) < 4.78 is 9.23. The van der Waals surface area contributed by atoms with Crippen LogP contribution in [0.4, 0.5) is 0 Å². The first-order valence-corrected chi connectivity index (χ1v) is 4.29. The lowest BCUT2D eigenvalue weighted by Crippen LogP contribution is -2.26.